The first-order chi connectivity index (χ1) is 9.61. The van der Waals surface area contributed by atoms with Gasteiger partial charge in [0.15, 0.2) is 0 Å². The van der Waals surface area contributed by atoms with Crippen LogP contribution in [0.5, 0.6) is 11.5 Å². The van der Waals surface area contributed by atoms with Crippen LogP contribution in [-0.4, -0.2) is 54.2 Å². The summed E-state index contributed by atoms with van der Waals surface area (Å²) in [5.41, 5.74) is 0. The number of methoxy groups -OCH3 is 1. The first-order valence-electron chi connectivity index (χ1n) is 6.57. The normalized spacial score (nSPS) is 13.8. The average molecular weight is 301 g/mol. The fourth-order valence-electron chi connectivity index (χ4n) is 1.59. The summed E-state index contributed by atoms with van der Waals surface area (Å²) in [6.45, 7) is 1.45. The molecule has 0 aliphatic heterocycles. The fourth-order valence-corrected chi connectivity index (χ4v) is 2.14. The van der Waals surface area contributed by atoms with Gasteiger partial charge in [-0.3, -0.25) is 4.21 Å². The average Bonchev–Trinajstić information content (AvgIpc) is 2.45. The summed E-state index contributed by atoms with van der Waals surface area (Å²) in [5, 5.41) is 12.9. The number of benzene rings is 1. The van der Waals surface area contributed by atoms with E-state index in [0.717, 1.165) is 18.7 Å². The minimum atomic E-state index is -0.748. The Hall–Kier alpha value is -1.11. The van der Waals surface area contributed by atoms with Crippen molar-refractivity contribution in [2.24, 2.45) is 0 Å². The van der Waals surface area contributed by atoms with Gasteiger partial charge in [-0.25, -0.2) is 0 Å². The van der Waals surface area contributed by atoms with Crippen molar-refractivity contribution in [2.45, 2.75) is 12.5 Å². The van der Waals surface area contributed by atoms with E-state index >= 15 is 0 Å². The summed E-state index contributed by atoms with van der Waals surface area (Å²) >= 11 is 0. The number of hydrogen-bond acceptors (Lipinski definition) is 5. The number of rotatable bonds is 10. The van der Waals surface area contributed by atoms with E-state index in [9.17, 15) is 9.32 Å². The van der Waals surface area contributed by atoms with Gasteiger partial charge in [-0.1, -0.05) is 0 Å². The maximum Gasteiger partial charge on any atom is 0.119 e. The molecular formula is C14H23NO4S. The lowest BCUT2D eigenvalue weighted by molar-refractivity contribution is 0.106. The van der Waals surface area contributed by atoms with Gasteiger partial charge in [0.25, 0.3) is 0 Å². The molecule has 20 heavy (non-hydrogen) atoms. The molecule has 5 nitrogen and oxygen atoms in total. The highest BCUT2D eigenvalue weighted by atomic mass is 32.2. The largest absolute Gasteiger partial charge is 0.497 e. The summed E-state index contributed by atoms with van der Waals surface area (Å²) in [4.78, 5) is 0. The van der Waals surface area contributed by atoms with Crippen LogP contribution in [0.3, 0.4) is 0 Å². The van der Waals surface area contributed by atoms with Gasteiger partial charge in [-0.15, -0.1) is 0 Å². The minimum Gasteiger partial charge on any atom is -0.497 e. The van der Waals surface area contributed by atoms with Crippen LogP contribution in [0.2, 0.25) is 0 Å². The van der Waals surface area contributed by atoms with E-state index in [-0.39, 0.29) is 6.61 Å². The molecule has 0 aliphatic carbocycles. The van der Waals surface area contributed by atoms with E-state index < -0.39 is 16.9 Å². The molecule has 2 atom stereocenters. The lowest BCUT2D eigenvalue weighted by atomic mass is 10.3. The standard InChI is InChI=1S/C14H23NO4S/c1-18-13-4-6-14(7-5-13)19-11-12(16)10-15-8-3-9-20(2)17/h4-7,12,15-16H,3,8-11H2,1-2H3. The Balaban J connectivity index is 2.12. The molecule has 2 unspecified atom stereocenters. The predicted octanol–water partition coefficient (Wildman–Crippen LogP) is 0.793. The van der Waals surface area contributed by atoms with Gasteiger partial charge in [0.2, 0.25) is 0 Å². The van der Waals surface area contributed by atoms with Gasteiger partial charge in [0, 0.05) is 29.4 Å². The van der Waals surface area contributed by atoms with Crippen molar-refractivity contribution >= 4 is 10.8 Å². The molecule has 1 aromatic rings. The van der Waals surface area contributed by atoms with Crippen LogP contribution < -0.4 is 14.8 Å². The SMILES string of the molecule is COc1ccc(OCC(O)CNCCCS(C)=O)cc1. The van der Waals surface area contributed by atoms with Gasteiger partial charge in [0.1, 0.15) is 24.2 Å². The molecule has 1 rings (SSSR count). The van der Waals surface area contributed by atoms with Crippen LogP contribution in [-0.2, 0) is 10.8 Å². The third-order valence-corrected chi connectivity index (χ3v) is 3.53. The molecule has 0 bridgehead atoms. The van der Waals surface area contributed by atoms with Crippen LogP contribution in [0.25, 0.3) is 0 Å². The first-order valence-corrected chi connectivity index (χ1v) is 8.30. The first kappa shape index (κ1) is 16.9. The molecule has 0 saturated carbocycles. The summed E-state index contributed by atoms with van der Waals surface area (Å²) in [6.07, 6.45) is 1.97. The maximum atomic E-state index is 10.9. The zero-order chi connectivity index (χ0) is 14.8. The Bertz CT molecular complexity index is 397. The van der Waals surface area contributed by atoms with E-state index in [4.69, 9.17) is 9.47 Å². The molecule has 0 amide bonds. The zero-order valence-corrected chi connectivity index (χ0v) is 12.8. The van der Waals surface area contributed by atoms with Crippen molar-refractivity contribution < 1.29 is 18.8 Å². The number of nitrogens with one attached hydrogen (secondary N) is 1. The highest BCUT2D eigenvalue weighted by molar-refractivity contribution is 7.84. The molecule has 0 aromatic heterocycles. The van der Waals surface area contributed by atoms with E-state index in [1.54, 1.807) is 25.5 Å². The number of aliphatic hydroxyl groups is 1. The van der Waals surface area contributed by atoms with Gasteiger partial charge >= 0.3 is 0 Å². The van der Waals surface area contributed by atoms with Gasteiger partial charge < -0.3 is 19.9 Å². The minimum absolute atomic E-state index is 0.235. The molecule has 0 saturated heterocycles. The van der Waals surface area contributed by atoms with Crippen molar-refractivity contribution in [3.05, 3.63) is 24.3 Å². The second-order valence-corrected chi connectivity index (χ2v) is 6.03. The van der Waals surface area contributed by atoms with E-state index in [1.807, 2.05) is 12.1 Å². The quantitative estimate of drug-likeness (QED) is 0.626. The number of aliphatic hydroxyl groups excluding tert-OH is 1. The maximum absolute atomic E-state index is 10.9. The Morgan fingerprint density at radius 2 is 1.95 bits per heavy atom. The van der Waals surface area contributed by atoms with Crippen LogP contribution in [0, 0.1) is 0 Å². The molecule has 0 radical (unpaired) electrons. The third kappa shape index (κ3) is 7.47. The highest BCUT2D eigenvalue weighted by Gasteiger charge is 2.05. The molecule has 0 spiro atoms. The lowest BCUT2D eigenvalue weighted by Gasteiger charge is -2.13. The fraction of sp³-hybridized carbons (Fsp3) is 0.571. The van der Waals surface area contributed by atoms with Gasteiger partial charge in [0.05, 0.1) is 7.11 Å². The molecule has 114 valence electrons. The van der Waals surface area contributed by atoms with Crippen LogP contribution in [0.1, 0.15) is 6.42 Å². The Labute approximate surface area is 122 Å². The Morgan fingerprint density at radius 1 is 1.30 bits per heavy atom. The predicted molar refractivity (Wildman–Crippen MR) is 80.9 cm³/mol. The zero-order valence-electron chi connectivity index (χ0n) is 12.0. The monoisotopic (exact) mass is 301 g/mol. The number of hydrogen-bond donors (Lipinski definition) is 2. The molecule has 2 N–H and O–H groups in total. The summed E-state index contributed by atoms with van der Waals surface area (Å²) in [5.74, 6) is 2.16. The van der Waals surface area contributed by atoms with Crippen molar-refractivity contribution in [1.29, 1.82) is 0 Å². The van der Waals surface area contributed by atoms with Crippen LogP contribution in [0.15, 0.2) is 24.3 Å². The second-order valence-electron chi connectivity index (χ2n) is 4.48. The topological polar surface area (TPSA) is 67.8 Å². The lowest BCUT2D eigenvalue weighted by Crippen LogP contribution is -2.32. The second kappa shape index (κ2) is 9.74. The molecule has 6 heteroatoms. The molecule has 0 fully saturated rings. The molecule has 1 aromatic carbocycles. The molecular weight excluding hydrogens is 278 g/mol. The van der Waals surface area contributed by atoms with Crippen molar-refractivity contribution in [2.75, 3.05) is 38.8 Å². The Kier molecular flexibility index (Phi) is 8.25. The van der Waals surface area contributed by atoms with Gasteiger partial charge in [-0.05, 0) is 37.2 Å². The third-order valence-electron chi connectivity index (χ3n) is 2.67. The Morgan fingerprint density at radius 3 is 2.55 bits per heavy atom. The highest BCUT2D eigenvalue weighted by Crippen LogP contribution is 2.16. The van der Waals surface area contributed by atoms with Crippen LogP contribution >= 0.6 is 0 Å². The van der Waals surface area contributed by atoms with E-state index in [0.29, 0.717) is 18.0 Å². The molecule has 0 heterocycles. The smallest absolute Gasteiger partial charge is 0.119 e. The summed E-state index contributed by atoms with van der Waals surface area (Å²) < 4.78 is 21.4. The van der Waals surface area contributed by atoms with Crippen molar-refractivity contribution in [1.82, 2.24) is 5.32 Å². The van der Waals surface area contributed by atoms with Gasteiger partial charge in [-0.2, -0.15) is 0 Å². The van der Waals surface area contributed by atoms with E-state index in [1.165, 1.54) is 0 Å². The molecule has 0 aliphatic rings. The number of ether oxygens (including phenoxy) is 2. The van der Waals surface area contributed by atoms with Crippen molar-refractivity contribution in [3.63, 3.8) is 0 Å². The van der Waals surface area contributed by atoms with Crippen molar-refractivity contribution in [3.8, 4) is 11.5 Å². The van der Waals surface area contributed by atoms with E-state index in [2.05, 4.69) is 5.32 Å². The van der Waals surface area contributed by atoms with Crippen LogP contribution in [0.4, 0.5) is 0 Å². The summed E-state index contributed by atoms with van der Waals surface area (Å²) in [7, 11) is 0.862. The summed E-state index contributed by atoms with van der Waals surface area (Å²) in [6, 6.07) is 7.22.